The van der Waals surface area contributed by atoms with E-state index in [-0.39, 0.29) is 18.2 Å². The standard InChI is InChI=1S/C17H28N2O3/c1-13(15-9-7-11-21-15)18-12-14-8-5-6-10-19(14)16(20)22-17(2,3)4/h7,9,11,13-14,18H,5-6,8,10,12H2,1-4H3/t13-,14?/m1/s1. The van der Waals surface area contributed by atoms with Crippen LogP contribution in [0.1, 0.15) is 58.8 Å². The van der Waals surface area contributed by atoms with Gasteiger partial charge >= 0.3 is 6.09 Å². The zero-order chi connectivity index (χ0) is 16.2. The molecule has 2 heterocycles. The van der Waals surface area contributed by atoms with Crippen molar-refractivity contribution in [2.45, 2.75) is 64.6 Å². The normalized spacial score (nSPS) is 20.7. The summed E-state index contributed by atoms with van der Waals surface area (Å²) in [5.41, 5.74) is -0.450. The zero-order valence-electron chi connectivity index (χ0n) is 14.1. The Morgan fingerprint density at radius 3 is 2.91 bits per heavy atom. The van der Waals surface area contributed by atoms with Gasteiger partial charge in [0.15, 0.2) is 0 Å². The Kier molecular flexibility index (Phi) is 5.51. The molecule has 0 radical (unpaired) electrons. The second-order valence-electron chi connectivity index (χ2n) is 6.97. The predicted molar refractivity (Wildman–Crippen MR) is 85.7 cm³/mol. The fourth-order valence-electron chi connectivity index (χ4n) is 2.72. The van der Waals surface area contributed by atoms with Gasteiger partial charge in [0.05, 0.1) is 12.3 Å². The van der Waals surface area contributed by atoms with Gasteiger partial charge in [-0.2, -0.15) is 0 Å². The van der Waals surface area contributed by atoms with Crippen LogP contribution < -0.4 is 5.32 Å². The summed E-state index contributed by atoms with van der Waals surface area (Å²) in [6.07, 6.45) is 4.69. The van der Waals surface area contributed by atoms with Crippen LogP contribution >= 0.6 is 0 Å². The Morgan fingerprint density at radius 2 is 2.27 bits per heavy atom. The predicted octanol–water partition coefficient (Wildman–Crippen LogP) is 3.72. The van der Waals surface area contributed by atoms with Gasteiger partial charge in [-0.1, -0.05) is 0 Å². The number of likely N-dealkylation sites (tertiary alicyclic amines) is 1. The van der Waals surface area contributed by atoms with Gasteiger partial charge in [-0.25, -0.2) is 4.79 Å². The maximum Gasteiger partial charge on any atom is 0.410 e. The summed E-state index contributed by atoms with van der Waals surface area (Å²) < 4.78 is 10.9. The molecule has 5 heteroatoms. The van der Waals surface area contributed by atoms with Crippen LogP contribution in [0.2, 0.25) is 0 Å². The van der Waals surface area contributed by atoms with Crippen LogP contribution in [0.3, 0.4) is 0 Å². The maximum atomic E-state index is 12.4. The van der Waals surface area contributed by atoms with Crippen LogP contribution in [0.25, 0.3) is 0 Å². The summed E-state index contributed by atoms with van der Waals surface area (Å²) >= 11 is 0. The van der Waals surface area contributed by atoms with Gasteiger partial charge in [0.25, 0.3) is 0 Å². The van der Waals surface area contributed by atoms with Crippen molar-refractivity contribution in [1.82, 2.24) is 10.2 Å². The van der Waals surface area contributed by atoms with Crippen LogP contribution in [0.5, 0.6) is 0 Å². The summed E-state index contributed by atoms with van der Waals surface area (Å²) in [6, 6.07) is 4.17. The van der Waals surface area contributed by atoms with E-state index >= 15 is 0 Å². The van der Waals surface area contributed by atoms with E-state index in [2.05, 4.69) is 12.2 Å². The van der Waals surface area contributed by atoms with Gasteiger partial charge in [-0.3, -0.25) is 0 Å². The molecule has 124 valence electrons. The number of furan rings is 1. The third-order valence-electron chi connectivity index (χ3n) is 3.88. The molecule has 2 atom stereocenters. The molecular formula is C17H28N2O3. The first-order chi connectivity index (χ1) is 10.4. The highest BCUT2D eigenvalue weighted by molar-refractivity contribution is 5.68. The molecule has 1 saturated heterocycles. The number of ether oxygens (including phenoxy) is 1. The van der Waals surface area contributed by atoms with Crippen molar-refractivity contribution >= 4 is 6.09 Å². The summed E-state index contributed by atoms with van der Waals surface area (Å²) in [5.74, 6) is 0.916. The molecular weight excluding hydrogens is 280 g/mol. The quantitative estimate of drug-likeness (QED) is 0.921. The number of carbonyl (C=O) groups is 1. The SMILES string of the molecule is C[C@@H](NCC1CCCCN1C(=O)OC(C)(C)C)c1ccco1. The van der Waals surface area contributed by atoms with Crippen molar-refractivity contribution in [3.05, 3.63) is 24.2 Å². The molecule has 0 aromatic carbocycles. The molecule has 1 unspecified atom stereocenters. The molecule has 5 nitrogen and oxygen atoms in total. The first-order valence-electron chi connectivity index (χ1n) is 8.13. The monoisotopic (exact) mass is 308 g/mol. The van der Waals surface area contributed by atoms with Crippen LogP contribution in [0.15, 0.2) is 22.8 Å². The zero-order valence-corrected chi connectivity index (χ0v) is 14.1. The lowest BCUT2D eigenvalue weighted by Crippen LogP contribution is -2.50. The third kappa shape index (κ3) is 4.77. The van der Waals surface area contributed by atoms with E-state index in [1.165, 1.54) is 0 Å². The molecule has 1 aliphatic rings. The molecule has 0 bridgehead atoms. The van der Waals surface area contributed by atoms with E-state index in [1.54, 1.807) is 6.26 Å². The number of carbonyl (C=O) groups excluding carboxylic acids is 1. The molecule has 0 spiro atoms. The number of hydrogen-bond donors (Lipinski definition) is 1. The van der Waals surface area contributed by atoms with Gasteiger partial charge in [-0.05, 0) is 59.1 Å². The first kappa shape index (κ1) is 16.9. The molecule has 1 fully saturated rings. The second-order valence-corrected chi connectivity index (χ2v) is 6.97. The van der Waals surface area contributed by atoms with E-state index < -0.39 is 5.60 Å². The molecule has 0 saturated carbocycles. The third-order valence-corrected chi connectivity index (χ3v) is 3.88. The van der Waals surface area contributed by atoms with Gasteiger partial charge in [-0.15, -0.1) is 0 Å². The highest BCUT2D eigenvalue weighted by Gasteiger charge is 2.30. The first-order valence-corrected chi connectivity index (χ1v) is 8.13. The topological polar surface area (TPSA) is 54.7 Å². The average Bonchev–Trinajstić information content (AvgIpc) is 2.97. The Bertz CT molecular complexity index is 465. The Morgan fingerprint density at radius 1 is 1.50 bits per heavy atom. The van der Waals surface area contributed by atoms with E-state index in [0.717, 1.165) is 38.1 Å². The van der Waals surface area contributed by atoms with E-state index in [0.29, 0.717) is 0 Å². The number of rotatable bonds is 4. The number of amides is 1. The van der Waals surface area contributed by atoms with Gasteiger partial charge < -0.3 is 19.4 Å². The van der Waals surface area contributed by atoms with Crippen LogP contribution in [-0.4, -0.2) is 35.7 Å². The molecule has 1 aromatic heterocycles. The molecule has 2 rings (SSSR count). The van der Waals surface area contributed by atoms with Crippen LogP contribution in [0, 0.1) is 0 Å². The molecule has 1 N–H and O–H groups in total. The largest absolute Gasteiger partial charge is 0.468 e. The molecule has 22 heavy (non-hydrogen) atoms. The Labute approximate surface area is 133 Å². The van der Waals surface area contributed by atoms with Gasteiger partial charge in [0, 0.05) is 19.1 Å². The number of nitrogens with one attached hydrogen (secondary N) is 1. The number of hydrogen-bond acceptors (Lipinski definition) is 4. The lowest BCUT2D eigenvalue weighted by Gasteiger charge is -2.37. The Hall–Kier alpha value is -1.49. The average molecular weight is 308 g/mol. The molecule has 0 aliphatic carbocycles. The van der Waals surface area contributed by atoms with Crippen molar-refractivity contribution in [3.63, 3.8) is 0 Å². The van der Waals surface area contributed by atoms with E-state index in [1.807, 2.05) is 37.8 Å². The molecule has 1 aliphatic heterocycles. The summed E-state index contributed by atoms with van der Waals surface area (Å²) in [5, 5.41) is 3.46. The van der Waals surface area contributed by atoms with Gasteiger partial charge in [0.2, 0.25) is 0 Å². The smallest absolute Gasteiger partial charge is 0.410 e. The van der Waals surface area contributed by atoms with E-state index in [4.69, 9.17) is 9.15 Å². The number of nitrogens with zero attached hydrogens (tertiary/aromatic N) is 1. The highest BCUT2D eigenvalue weighted by atomic mass is 16.6. The van der Waals surface area contributed by atoms with E-state index in [9.17, 15) is 4.79 Å². The van der Waals surface area contributed by atoms with Crippen LogP contribution in [0.4, 0.5) is 4.79 Å². The fourth-order valence-corrected chi connectivity index (χ4v) is 2.72. The van der Waals surface area contributed by atoms with Crippen molar-refractivity contribution in [2.24, 2.45) is 0 Å². The Balaban J connectivity index is 1.90. The minimum absolute atomic E-state index is 0.136. The van der Waals surface area contributed by atoms with Crippen molar-refractivity contribution in [3.8, 4) is 0 Å². The molecule has 1 aromatic rings. The maximum absolute atomic E-state index is 12.4. The summed E-state index contributed by atoms with van der Waals surface area (Å²) in [7, 11) is 0. The number of piperidine rings is 1. The lowest BCUT2D eigenvalue weighted by molar-refractivity contribution is 0.00965. The minimum Gasteiger partial charge on any atom is -0.468 e. The lowest BCUT2D eigenvalue weighted by atomic mass is 10.0. The highest BCUT2D eigenvalue weighted by Crippen LogP contribution is 2.21. The van der Waals surface area contributed by atoms with Gasteiger partial charge in [0.1, 0.15) is 11.4 Å². The summed E-state index contributed by atoms with van der Waals surface area (Å²) in [4.78, 5) is 14.2. The van der Waals surface area contributed by atoms with Crippen LogP contribution in [-0.2, 0) is 4.74 Å². The minimum atomic E-state index is -0.450. The van der Waals surface area contributed by atoms with Crippen molar-refractivity contribution in [2.75, 3.05) is 13.1 Å². The second kappa shape index (κ2) is 7.18. The van der Waals surface area contributed by atoms with Crippen molar-refractivity contribution in [1.29, 1.82) is 0 Å². The molecule has 1 amide bonds. The summed E-state index contributed by atoms with van der Waals surface area (Å²) in [6.45, 7) is 9.31. The fraction of sp³-hybridized carbons (Fsp3) is 0.706. The van der Waals surface area contributed by atoms with Crippen molar-refractivity contribution < 1.29 is 13.9 Å².